The summed E-state index contributed by atoms with van der Waals surface area (Å²) in [6, 6.07) is 17.7. The molecule has 1 saturated heterocycles. The van der Waals surface area contributed by atoms with E-state index in [0.29, 0.717) is 5.56 Å². The van der Waals surface area contributed by atoms with Crippen molar-refractivity contribution >= 4 is 12.0 Å². The lowest BCUT2D eigenvalue weighted by molar-refractivity contribution is 0.0650. The van der Waals surface area contributed by atoms with Crippen molar-refractivity contribution in [3.8, 4) is 5.75 Å². The van der Waals surface area contributed by atoms with Crippen LogP contribution in [0.2, 0.25) is 0 Å². The highest BCUT2D eigenvalue weighted by Gasteiger charge is 2.21. The van der Waals surface area contributed by atoms with Crippen LogP contribution in [0.1, 0.15) is 15.9 Å². The van der Waals surface area contributed by atoms with Crippen LogP contribution >= 0.6 is 0 Å². The Bertz CT molecular complexity index is 720. The summed E-state index contributed by atoms with van der Waals surface area (Å²) in [7, 11) is 1.62. The number of piperazine rings is 1. The smallest absolute Gasteiger partial charge is 0.254 e. The van der Waals surface area contributed by atoms with Crippen LogP contribution in [-0.4, -0.2) is 55.5 Å². The molecular weight excluding hydrogens is 312 g/mol. The van der Waals surface area contributed by atoms with Gasteiger partial charge in [0, 0.05) is 38.3 Å². The lowest BCUT2D eigenvalue weighted by Crippen LogP contribution is -2.48. The van der Waals surface area contributed by atoms with Gasteiger partial charge in [0.25, 0.3) is 5.91 Å². The lowest BCUT2D eigenvalue weighted by atomic mass is 10.1. The maximum Gasteiger partial charge on any atom is 0.254 e. The van der Waals surface area contributed by atoms with Gasteiger partial charge in [0.05, 0.1) is 7.11 Å². The van der Waals surface area contributed by atoms with E-state index < -0.39 is 0 Å². The Hall–Kier alpha value is -2.59. The van der Waals surface area contributed by atoms with Gasteiger partial charge in [-0.3, -0.25) is 9.69 Å². The first kappa shape index (κ1) is 17.2. The van der Waals surface area contributed by atoms with Gasteiger partial charge in [-0.1, -0.05) is 48.6 Å². The number of hydrogen-bond acceptors (Lipinski definition) is 3. The molecule has 1 heterocycles. The third-order valence-electron chi connectivity index (χ3n) is 4.45. The van der Waals surface area contributed by atoms with E-state index in [1.165, 1.54) is 5.56 Å². The zero-order valence-corrected chi connectivity index (χ0v) is 14.6. The molecule has 4 nitrogen and oxygen atoms in total. The number of carbonyl (C=O) groups excluding carboxylic acids is 1. The summed E-state index contributed by atoms with van der Waals surface area (Å²) in [4.78, 5) is 16.9. The van der Waals surface area contributed by atoms with Gasteiger partial charge in [-0.15, -0.1) is 0 Å². The molecule has 0 atom stereocenters. The lowest BCUT2D eigenvalue weighted by Gasteiger charge is -2.34. The molecule has 1 amide bonds. The molecule has 1 aliphatic heterocycles. The highest BCUT2D eigenvalue weighted by molar-refractivity contribution is 5.94. The third kappa shape index (κ3) is 4.70. The summed E-state index contributed by atoms with van der Waals surface area (Å²) in [5.74, 6) is 0.800. The van der Waals surface area contributed by atoms with E-state index in [-0.39, 0.29) is 5.91 Å². The Morgan fingerprint density at radius 2 is 1.80 bits per heavy atom. The summed E-state index contributed by atoms with van der Waals surface area (Å²) in [5.41, 5.74) is 1.91. The average molecular weight is 336 g/mol. The molecular formula is C21H24N2O2. The van der Waals surface area contributed by atoms with E-state index in [1.807, 2.05) is 41.3 Å². The summed E-state index contributed by atoms with van der Waals surface area (Å²) in [6.07, 6.45) is 4.34. The number of nitrogens with zero attached hydrogens (tertiary/aromatic N) is 2. The molecule has 1 aliphatic rings. The van der Waals surface area contributed by atoms with E-state index in [9.17, 15) is 4.79 Å². The second kappa shape index (κ2) is 8.49. The molecule has 3 rings (SSSR count). The number of carbonyl (C=O) groups is 1. The monoisotopic (exact) mass is 336 g/mol. The molecule has 0 aliphatic carbocycles. The Kier molecular flexibility index (Phi) is 5.86. The Labute approximate surface area is 149 Å². The van der Waals surface area contributed by atoms with Gasteiger partial charge in [0.2, 0.25) is 0 Å². The Balaban J connectivity index is 1.49. The molecule has 2 aromatic carbocycles. The normalized spacial score (nSPS) is 15.5. The first-order valence-corrected chi connectivity index (χ1v) is 8.63. The molecule has 4 heteroatoms. The zero-order valence-electron chi connectivity index (χ0n) is 14.6. The van der Waals surface area contributed by atoms with E-state index in [4.69, 9.17) is 4.74 Å². The highest BCUT2D eigenvalue weighted by Crippen LogP contribution is 2.15. The van der Waals surface area contributed by atoms with Crippen molar-refractivity contribution in [3.05, 3.63) is 71.8 Å². The largest absolute Gasteiger partial charge is 0.497 e. The van der Waals surface area contributed by atoms with Crippen molar-refractivity contribution in [2.45, 2.75) is 0 Å². The number of ether oxygens (including phenoxy) is 1. The minimum absolute atomic E-state index is 0.0818. The zero-order chi connectivity index (χ0) is 17.5. The van der Waals surface area contributed by atoms with Gasteiger partial charge < -0.3 is 9.64 Å². The number of benzene rings is 2. The predicted molar refractivity (Wildman–Crippen MR) is 101 cm³/mol. The minimum atomic E-state index is 0.0818. The van der Waals surface area contributed by atoms with Crippen molar-refractivity contribution in [2.75, 3.05) is 39.8 Å². The molecule has 1 fully saturated rings. The fourth-order valence-electron chi connectivity index (χ4n) is 2.97. The van der Waals surface area contributed by atoms with Gasteiger partial charge in [-0.25, -0.2) is 0 Å². The molecule has 25 heavy (non-hydrogen) atoms. The fraction of sp³-hybridized carbons (Fsp3) is 0.286. The van der Waals surface area contributed by atoms with Crippen LogP contribution < -0.4 is 4.74 Å². The molecule has 0 aromatic heterocycles. The molecule has 2 aromatic rings. The first-order valence-electron chi connectivity index (χ1n) is 8.63. The van der Waals surface area contributed by atoms with Gasteiger partial charge >= 0.3 is 0 Å². The summed E-state index contributed by atoms with van der Waals surface area (Å²) in [6.45, 7) is 4.23. The van der Waals surface area contributed by atoms with Crippen LogP contribution in [0.4, 0.5) is 0 Å². The maximum atomic E-state index is 12.6. The van der Waals surface area contributed by atoms with Crippen LogP contribution in [0.25, 0.3) is 6.08 Å². The highest BCUT2D eigenvalue weighted by atomic mass is 16.5. The number of amides is 1. The Morgan fingerprint density at radius 3 is 2.52 bits per heavy atom. The van der Waals surface area contributed by atoms with Crippen molar-refractivity contribution < 1.29 is 9.53 Å². The van der Waals surface area contributed by atoms with Crippen molar-refractivity contribution in [2.24, 2.45) is 0 Å². The molecule has 0 bridgehead atoms. The van der Waals surface area contributed by atoms with Crippen LogP contribution in [0.15, 0.2) is 60.7 Å². The van der Waals surface area contributed by atoms with Crippen molar-refractivity contribution in [3.63, 3.8) is 0 Å². The topological polar surface area (TPSA) is 32.8 Å². The molecule has 0 unspecified atom stereocenters. The molecule has 0 saturated carbocycles. The van der Waals surface area contributed by atoms with E-state index in [1.54, 1.807) is 13.2 Å². The number of methoxy groups -OCH3 is 1. The molecule has 0 spiro atoms. The number of hydrogen-bond donors (Lipinski definition) is 0. The average Bonchev–Trinajstić information content (AvgIpc) is 2.69. The van der Waals surface area contributed by atoms with Gasteiger partial charge in [0.1, 0.15) is 5.75 Å². The predicted octanol–water partition coefficient (Wildman–Crippen LogP) is 3.17. The second-order valence-electron chi connectivity index (χ2n) is 6.14. The quantitative estimate of drug-likeness (QED) is 0.841. The second-order valence-corrected chi connectivity index (χ2v) is 6.14. The number of rotatable bonds is 5. The van der Waals surface area contributed by atoms with E-state index >= 15 is 0 Å². The first-order chi connectivity index (χ1) is 12.3. The standard InChI is InChI=1S/C21H24N2O2/c1-25-20-11-5-10-19(17-20)21(24)23-15-13-22(14-16-23)12-6-9-18-7-3-2-4-8-18/h2-11,17H,12-16H2,1H3. The van der Waals surface area contributed by atoms with Gasteiger partial charge in [-0.2, -0.15) is 0 Å². The van der Waals surface area contributed by atoms with E-state index in [2.05, 4.69) is 29.2 Å². The van der Waals surface area contributed by atoms with Crippen LogP contribution in [-0.2, 0) is 0 Å². The molecule has 0 N–H and O–H groups in total. The van der Waals surface area contributed by atoms with Crippen LogP contribution in [0.5, 0.6) is 5.75 Å². The summed E-state index contributed by atoms with van der Waals surface area (Å²) in [5, 5.41) is 0. The van der Waals surface area contributed by atoms with Gasteiger partial charge in [-0.05, 0) is 23.8 Å². The fourth-order valence-corrected chi connectivity index (χ4v) is 2.97. The van der Waals surface area contributed by atoms with Crippen LogP contribution in [0.3, 0.4) is 0 Å². The molecule has 0 radical (unpaired) electrons. The summed E-state index contributed by atoms with van der Waals surface area (Å²) < 4.78 is 5.20. The van der Waals surface area contributed by atoms with E-state index in [0.717, 1.165) is 38.5 Å². The van der Waals surface area contributed by atoms with Crippen molar-refractivity contribution in [1.29, 1.82) is 0 Å². The minimum Gasteiger partial charge on any atom is -0.497 e. The third-order valence-corrected chi connectivity index (χ3v) is 4.45. The summed E-state index contributed by atoms with van der Waals surface area (Å²) >= 11 is 0. The Morgan fingerprint density at radius 1 is 1.04 bits per heavy atom. The maximum absolute atomic E-state index is 12.6. The van der Waals surface area contributed by atoms with Crippen LogP contribution in [0, 0.1) is 0 Å². The molecule has 130 valence electrons. The van der Waals surface area contributed by atoms with Crippen molar-refractivity contribution in [1.82, 2.24) is 9.80 Å². The van der Waals surface area contributed by atoms with Gasteiger partial charge in [0.15, 0.2) is 0 Å². The SMILES string of the molecule is COc1cccc(C(=O)N2CCN(CC=Cc3ccccc3)CC2)c1.